The summed E-state index contributed by atoms with van der Waals surface area (Å²) in [5, 5.41) is 12.1. The minimum absolute atomic E-state index is 0.0166. The molecule has 24 heavy (non-hydrogen) atoms. The molecule has 1 heterocycles. The molecule has 1 aromatic heterocycles. The highest BCUT2D eigenvalue weighted by atomic mass is 32.1. The minimum Gasteiger partial charge on any atom is -0.508 e. The van der Waals surface area contributed by atoms with Crippen molar-refractivity contribution in [1.29, 1.82) is 0 Å². The Hall–Kier alpha value is -2.80. The van der Waals surface area contributed by atoms with Crippen molar-refractivity contribution in [2.75, 3.05) is 5.32 Å². The van der Waals surface area contributed by atoms with Gasteiger partial charge in [0, 0.05) is 11.8 Å². The van der Waals surface area contributed by atoms with E-state index >= 15 is 0 Å². The van der Waals surface area contributed by atoms with Gasteiger partial charge in [-0.3, -0.25) is 4.79 Å². The van der Waals surface area contributed by atoms with Crippen LogP contribution in [0, 0.1) is 18.6 Å². The number of aryl methyl sites for hydroxylation is 1. The summed E-state index contributed by atoms with van der Waals surface area (Å²) >= 11 is 0.907. The van der Waals surface area contributed by atoms with E-state index in [1.165, 1.54) is 18.2 Å². The fourth-order valence-electron chi connectivity index (χ4n) is 2.19. The number of halogens is 2. The molecule has 1 amide bonds. The molecular formula is C17H12F2N2O2S. The number of aromatic hydroxyl groups is 1. The van der Waals surface area contributed by atoms with E-state index in [0.717, 1.165) is 23.5 Å². The van der Waals surface area contributed by atoms with Crippen LogP contribution in [0.5, 0.6) is 5.75 Å². The number of benzene rings is 2. The third kappa shape index (κ3) is 3.11. The van der Waals surface area contributed by atoms with E-state index in [4.69, 9.17) is 0 Å². The Morgan fingerprint density at radius 3 is 2.50 bits per heavy atom. The van der Waals surface area contributed by atoms with Crippen LogP contribution in [0.1, 0.15) is 15.4 Å². The van der Waals surface area contributed by atoms with Gasteiger partial charge in [0.2, 0.25) is 0 Å². The third-order valence-corrected chi connectivity index (χ3v) is 4.46. The molecule has 2 aromatic carbocycles. The van der Waals surface area contributed by atoms with Crippen molar-refractivity contribution >= 4 is 22.9 Å². The number of aromatic nitrogens is 1. The minimum atomic E-state index is -0.733. The molecule has 0 aliphatic heterocycles. The SMILES string of the molecule is Cc1nc(-c2c(F)cccc2F)sc1C(=O)Nc1cccc(O)c1. The molecule has 2 N–H and O–H groups in total. The predicted octanol–water partition coefficient (Wildman–Crippen LogP) is 4.35. The molecule has 122 valence electrons. The highest BCUT2D eigenvalue weighted by Gasteiger charge is 2.20. The maximum Gasteiger partial charge on any atom is 0.267 e. The summed E-state index contributed by atoms with van der Waals surface area (Å²) in [6.45, 7) is 1.59. The molecule has 4 nitrogen and oxygen atoms in total. The van der Waals surface area contributed by atoms with Crippen molar-refractivity contribution in [3.8, 4) is 16.3 Å². The van der Waals surface area contributed by atoms with Gasteiger partial charge in [0.15, 0.2) is 0 Å². The van der Waals surface area contributed by atoms with Crippen LogP contribution in [0.3, 0.4) is 0 Å². The molecule has 0 aliphatic rings. The molecule has 7 heteroatoms. The second-order valence-electron chi connectivity index (χ2n) is 5.03. The lowest BCUT2D eigenvalue weighted by Gasteiger charge is -2.04. The van der Waals surface area contributed by atoms with E-state index < -0.39 is 17.5 Å². The molecule has 0 saturated heterocycles. The summed E-state index contributed by atoms with van der Waals surface area (Å²) in [4.78, 5) is 16.7. The maximum atomic E-state index is 13.9. The van der Waals surface area contributed by atoms with Gasteiger partial charge in [-0.1, -0.05) is 12.1 Å². The zero-order valence-electron chi connectivity index (χ0n) is 12.5. The van der Waals surface area contributed by atoms with Crippen LogP contribution < -0.4 is 5.32 Å². The van der Waals surface area contributed by atoms with E-state index in [0.29, 0.717) is 11.4 Å². The van der Waals surface area contributed by atoms with Gasteiger partial charge in [-0.05, 0) is 31.2 Å². The number of rotatable bonds is 3. The number of phenols is 1. The monoisotopic (exact) mass is 346 g/mol. The zero-order valence-corrected chi connectivity index (χ0v) is 13.3. The highest BCUT2D eigenvalue weighted by molar-refractivity contribution is 7.17. The van der Waals surface area contributed by atoms with Crippen molar-refractivity contribution in [2.45, 2.75) is 6.92 Å². The Labute approximate surface area is 140 Å². The number of amides is 1. The topological polar surface area (TPSA) is 62.2 Å². The first kappa shape index (κ1) is 16.1. The number of carbonyl (C=O) groups excluding carboxylic acids is 1. The largest absolute Gasteiger partial charge is 0.508 e. The molecule has 0 spiro atoms. The van der Waals surface area contributed by atoms with Crippen LogP contribution in [-0.2, 0) is 0 Å². The lowest BCUT2D eigenvalue weighted by Crippen LogP contribution is -2.11. The van der Waals surface area contributed by atoms with Crippen molar-refractivity contribution < 1.29 is 18.7 Å². The molecule has 0 unspecified atom stereocenters. The summed E-state index contributed by atoms with van der Waals surface area (Å²) in [7, 11) is 0. The quantitative estimate of drug-likeness (QED) is 0.741. The van der Waals surface area contributed by atoms with E-state index in [-0.39, 0.29) is 21.2 Å². The van der Waals surface area contributed by atoms with Gasteiger partial charge in [0.1, 0.15) is 27.3 Å². The van der Waals surface area contributed by atoms with Gasteiger partial charge < -0.3 is 10.4 Å². The normalized spacial score (nSPS) is 10.6. The Kier molecular flexibility index (Phi) is 4.26. The average molecular weight is 346 g/mol. The second kappa shape index (κ2) is 6.37. The molecule has 0 saturated carbocycles. The fourth-order valence-corrected chi connectivity index (χ4v) is 3.20. The molecule has 0 bridgehead atoms. The maximum absolute atomic E-state index is 13.9. The second-order valence-corrected chi connectivity index (χ2v) is 6.03. The number of nitrogens with zero attached hydrogens (tertiary/aromatic N) is 1. The van der Waals surface area contributed by atoms with Gasteiger partial charge >= 0.3 is 0 Å². The first-order chi connectivity index (χ1) is 11.5. The predicted molar refractivity (Wildman–Crippen MR) is 88.3 cm³/mol. The number of nitrogens with one attached hydrogen (secondary N) is 1. The van der Waals surface area contributed by atoms with Gasteiger partial charge in [-0.2, -0.15) is 0 Å². The van der Waals surface area contributed by atoms with Crippen molar-refractivity contribution in [3.05, 3.63) is 64.7 Å². The molecule has 3 rings (SSSR count). The molecular weight excluding hydrogens is 334 g/mol. The average Bonchev–Trinajstić information content (AvgIpc) is 2.89. The first-order valence-corrected chi connectivity index (χ1v) is 7.79. The van der Waals surface area contributed by atoms with Gasteiger partial charge in [0.25, 0.3) is 5.91 Å². The van der Waals surface area contributed by atoms with Crippen molar-refractivity contribution in [2.24, 2.45) is 0 Å². The molecule has 3 aromatic rings. The van der Waals surface area contributed by atoms with E-state index in [1.807, 2.05) is 0 Å². The smallest absolute Gasteiger partial charge is 0.267 e. The molecule has 0 atom stereocenters. The Balaban J connectivity index is 1.93. The summed E-state index contributed by atoms with van der Waals surface area (Å²) in [5.74, 6) is -1.91. The van der Waals surface area contributed by atoms with Gasteiger partial charge in [-0.25, -0.2) is 13.8 Å². The standard InChI is InChI=1S/C17H12F2N2O2S/c1-9-15(16(23)21-10-4-2-5-11(22)8-10)24-17(20-9)14-12(18)6-3-7-13(14)19/h2-8,22H,1H3,(H,21,23). The number of hydrogen-bond donors (Lipinski definition) is 2. The summed E-state index contributed by atoms with van der Waals surface area (Å²) < 4.78 is 27.7. The number of phenolic OH excluding ortho intramolecular Hbond substituents is 1. The lowest BCUT2D eigenvalue weighted by molar-refractivity contribution is 0.103. The summed E-state index contributed by atoms with van der Waals surface area (Å²) in [6, 6.07) is 9.63. The number of carbonyl (C=O) groups is 1. The third-order valence-electron chi connectivity index (χ3n) is 3.28. The summed E-state index contributed by atoms with van der Waals surface area (Å²) in [6.07, 6.45) is 0. The Bertz CT molecular complexity index is 904. The van der Waals surface area contributed by atoms with Crippen molar-refractivity contribution in [1.82, 2.24) is 4.98 Å². The van der Waals surface area contributed by atoms with Gasteiger partial charge in [-0.15, -0.1) is 11.3 Å². The van der Waals surface area contributed by atoms with Crippen LogP contribution in [0.25, 0.3) is 10.6 Å². The van der Waals surface area contributed by atoms with Crippen molar-refractivity contribution in [3.63, 3.8) is 0 Å². The Morgan fingerprint density at radius 2 is 1.83 bits per heavy atom. The number of anilines is 1. The van der Waals surface area contributed by atoms with Crippen LogP contribution >= 0.6 is 11.3 Å². The summed E-state index contributed by atoms with van der Waals surface area (Å²) in [5.41, 5.74) is 0.531. The van der Waals surface area contributed by atoms with Crippen LogP contribution in [0.2, 0.25) is 0 Å². The number of thiazole rings is 1. The molecule has 0 aliphatic carbocycles. The van der Waals surface area contributed by atoms with Crippen LogP contribution in [-0.4, -0.2) is 16.0 Å². The Morgan fingerprint density at radius 1 is 1.17 bits per heavy atom. The van der Waals surface area contributed by atoms with Crippen LogP contribution in [0.15, 0.2) is 42.5 Å². The number of hydrogen-bond acceptors (Lipinski definition) is 4. The van der Waals surface area contributed by atoms with E-state index in [1.54, 1.807) is 19.1 Å². The highest BCUT2D eigenvalue weighted by Crippen LogP contribution is 2.32. The van der Waals surface area contributed by atoms with E-state index in [9.17, 15) is 18.7 Å². The first-order valence-electron chi connectivity index (χ1n) is 6.98. The molecule has 0 radical (unpaired) electrons. The lowest BCUT2D eigenvalue weighted by atomic mass is 10.2. The van der Waals surface area contributed by atoms with Gasteiger partial charge in [0.05, 0.1) is 11.3 Å². The van der Waals surface area contributed by atoms with Crippen LogP contribution in [0.4, 0.5) is 14.5 Å². The fraction of sp³-hybridized carbons (Fsp3) is 0.0588. The van der Waals surface area contributed by atoms with E-state index in [2.05, 4.69) is 10.3 Å². The molecule has 0 fully saturated rings. The zero-order chi connectivity index (χ0) is 17.3.